The van der Waals surface area contributed by atoms with Gasteiger partial charge in [-0.3, -0.25) is 19.2 Å². The van der Waals surface area contributed by atoms with E-state index in [9.17, 15) is 9.59 Å². The zero-order valence-corrected chi connectivity index (χ0v) is 16.2. The van der Waals surface area contributed by atoms with Crippen LogP contribution in [0, 0.1) is 6.92 Å². The number of amides is 1. The number of hydrogen-bond acceptors (Lipinski definition) is 3. The zero-order valence-electron chi connectivity index (χ0n) is 16.2. The van der Waals surface area contributed by atoms with Crippen LogP contribution in [0.4, 0.5) is 5.95 Å². The molecule has 2 N–H and O–H groups in total. The molecule has 2 aromatic carbocycles. The lowest BCUT2D eigenvalue weighted by Gasteiger charge is -2.05. The van der Waals surface area contributed by atoms with Crippen molar-refractivity contribution in [2.75, 3.05) is 5.32 Å². The summed E-state index contributed by atoms with van der Waals surface area (Å²) in [6.07, 6.45) is 0. The Bertz CT molecular complexity index is 1280. The molecule has 0 bridgehead atoms. The Morgan fingerprint density at radius 1 is 1.04 bits per heavy atom. The smallest absolute Gasteiger partial charge is 0.323 e. The third kappa shape index (κ3) is 2.90. The summed E-state index contributed by atoms with van der Waals surface area (Å²) in [5.74, 6) is 0.193. The minimum absolute atomic E-state index is 0.0744. The van der Waals surface area contributed by atoms with Crippen LogP contribution < -0.4 is 11.0 Å². The molecule has 1 amide bonds. The van der Waals surface area contributed by atoms with E-state index in [1.54, 1.807) is 23.2 Å². The van der Waals surface area contributed by atoms with E-state index in [4.69, 9.17) is 0 Å². The topological polar surface area (TPSA) is 84.7 Å². The number of H-pyrrole nitrogens is 1. The van der Waals surface area contributed by atoms with Crippen LogP contribution in [0.2, 0.25) is 0 Å². The molecular formula is C21H21N5O2. The van der Waals surface area contributed by atoms with Crippen LogP contribution in [-0.4, -0.2) is 25.0 Å². The van der Waals surface area contributed by atoms with Gasteiger partial charge in [0.25, 0.3) is 0 Å². The molecule has 0 unspecified atom stereocenters. The SMILES string of the molecule is CC(=O)Nc1nc(-c2cccc(C)c2)c(-c2ccc3c(c2)n(C)c(=O)n3C)[nH]1. The number of carbonyl (C=O) groups is 1. The zero-order chi connectivity index (χ0) is 20.0. The molecule has 28 heavy (non-hydrogen) atoms. The maximum atomic E-state index is 12.2. The number of aromatic nitrogens is 4. The molecule has 2 heterocycles. The Morgan fingerprint density at radius 2 is 1.79 bits per heavy atom. The van der Waals surface area contributed by atoms with Gasteiger partial charge in [0.15, 0.2) is 0 Å². The molecule has 4 aromatic rings. The van der Waals surface area contributed by atoms with Crippen molar-refractivity contribution in [3.63, 3.8) is 0 Å². The fourth-order valence-electron chi connectivity index (χ4n) is 3.47. The molecule has 0 saturated carbocycles. The van der Waals surface area contributed by atoms with Crippen LogP contribution in [0.3, 0.4) is 0 Å². The van der Waals surface area contributed by atoms with Gasteiger partial charge in [0.1, 0.15) is 0 Å². The Labute approximate surface area is 161 Å². The second-order valence-electron chi connectivity index (χ2n) is 6.96. The molecule has 4 rings (SSSR count). The molecular weight excluding hydrogens is 354 g/mol. The van der Waals surface area contributed by atoms with Crippen molar-refractivity contribution in [3.05, 3.63) is 58.5 Å². The number of benzene rings is 2. The molecule has 142 valence electrons. The predicted octanol–water partition coefficient (Wildman–Crippen LogP) is 3.20. The lowest BCUT2D eigenvalue weighted by molar-refractivity contribution is -0.114. The number of carbonyl (C=O) groups excluding carboxylic acids is 1. The van der Waals surface area contributed by atoms with Crippen LogP contribution >= 0.6 is 0 Å². The Hall–Kier alpha value is -3.61. The van der Waals surface area contributed by atoms with Gasteiger partial charge in [-0.2, -0.15) is 0 Å². The third-order valence-electron chi connectivity index (χ3n) is 4.85. The highest BCUT2D eigenvalue weighted by Crippen LogP contribution is 2.33. The van der Waals surface area contributed by atoms with Crippen LogP contribution in [0.25, 0.3) is 33.5 Å². The molecule has 0 aliphatic carbocycles. The maximum Gasteiger partial charge on any atom is 0.328 e. The highest BCUT2D eigenvalue weighted by Gasteiger charge is 2.17. The van der Waals surface area contributed by atoms with Crippen molar-refractivity contribution in [2.45, 2.75) is 13.8 Å². The number of nitrogens with zero attached hydrogens (tertiary/aromatic N) is 3. The molecule has 0 aliphatic heterocycles. The summed E-state index contributed by atoms with van der Waals surface area (Å²) in [4.78, 5) is 31.6. The normalized spacial score (nSPS) is 11.1. The predicted molar refractivity (Wildman–Crippen MR) is 110 cm³/mol. The number of imidazole rings is 2. The molecule has 0 atom stereocenters. The van der Waals surface area contributed by atoms with Gasteiger partial charge in [-0.15, -0.1) is 0 Å². The van der Waals surface area contributed by atoms with E-state index in [1.807, 2.05) is 49.4 Å². The number of rotatable bonds is 3. The summed E-state index contributed by atoms with van der Waals surface area (Å²) in [6, 6.07) is 13.9. The van der Waals surface area contributed by atoms with Gasteiger partial charge < -0.3 is 4.98 Å². The van der Waals surface area contributed by atoms with Gasteiger partial charge in [0, 0.05) is 32.1 Å². The summed E-state index contributed by atoms with van der Waals surface area (Å²) in [5.41, 5.74) is 6.09. The Morgan fingerprint density at radius 3 is 2.50 bits per heavy atom. The first-order valence-corrected chi connectivity index (χ1v) is 8.95. The number of nitrogens with one attached hydrogen (secondary N) is 2. The first-order valence-electron chi connectivity index (χ1n) is 8.95. The highest BCUT2D eigenvalue weighted by molar-refractivity contribution is 5.90. The lowest BCUT2D eigenvalue weighted by Crippen LogP contribution is -2.19. The van der Waals surface area contributed by atoms with E-state index < -0.39 is 0 Å². The van der Waals surface area contributed by atoms with Crippen LogP contribution in [0.5, 0.6) is 0 Å². The number of aromatic amines is 1. The van der Waals surface area contributed by atoms with Gasteiger partial charge in [-0.25, -0.2) is 9.78 Å². The van der Waals surface area contributed by atoms with Crippen LogP contribution in [0.15, 0.2) is 47.3 Å². The quantitative estimate of drug-likeness (QED) is 0.577. The molecule has 0 spiro atoms. The van der Waals surface area contributed by atoms with E-state index in [0.29, 0.717) is 5.95 Å². The highest BCUT2D eigenvalue weighted by atomic mass is 16.2. The van der Waals surface area contributed by atoms with Crippen LogP contribution in [0.1, 0.15) is 12.5 Å². The number of anilines is 1. The lowest BCUT2D eigenvalue weighted by atomic mass is 10.0. The van der Waals surface area contributed by atoms with Crippen molar-refractivity contribution in [1.29, 1.82) is 0 Å². The van der Waals surface area contributed by atoms with E-state index in [2.05, 4.69) is 15.3 Å². The van der Waals surface area contributed by atoms with Crippen molar-refractivity contribution < 1.29 is 4.79 Å². The number of aryl methyl sites for hydroxylation is 3. The molecule has 0 aliphatic rings. The second-order valence-corrected chi connectivity index (χ2v) is 6.96. The summed E-state index contributed by atoms with van der Waals surface area (Å²) in [5, 5.41) is 2.72. The first-order chi connectivity index (χ1) is 13.3. The molecule has 7 heteroatoms. The standard InChI is InChI=1S/C21H21N5O2/c1-12-6-5-7-14(10-12)18-19(24-20(23-18)22-13(2)27)15-8-9-16-17(11-15)26(4)21(28)25(16)3/h5-11H,1-4H3,(H2,22,23,24,27). The number of hydrogen-bond donors (Lipinski definition) is 2. The average Bonchev–Trinajstić information content (AvgIpc) is 3.17. The Balaban J connectivity index is 1.94. The molecule has 0 radical (unpaired) electrons. The van der Waals surface area contributed by atoms with E-state index in [0.717, 1.165) is 39.1 Å². The van der Waals surface area contributed by atoms with Crippen molar-refractivity contribution >= 4 is 22.9 Å². The van der Waals surface area contributed by atoms with Crippen molar-refractivity contribution in [3.8, 4) is 22.5 Å². The second kappa shape index (κ2) is 6.53. The van der Waals surface area contributed by atoms with Crippen molar-refractivity contribution in [2.24, 2.45) is 14.1 Å². The first kappa shape index (κ1) is 17.8. The minimum Gasteiger partial charge on any atom is -0.323 e. The molecule has 2 aromatic heterocycles. The van der Waals surface area contributed by atoms with E-state index in [-0.39, 0.29) is 11.6 Å². The van der Waals surface area contributed by atoms with Gasteiger partial charge in [-0.1, -0.05) is 29.8 Å². The molecule has 0 saturated heterocycles. The van der Waals surface area contributed by atoms with E-state index >= 15 is 0 Å². The van der Waals surface area contributed by atoms with Gasteiger partial charge in [-0.05, 0) is 25.1 Å². The van der Waals surface area contributed by atoms with Gasteiger partial charge in [0.2, 0.25) is 11.9 Å². The summed E-state index contributed by atoms with van der Waals surface area (Å²) in [7, 11) is 3.51. The largest absolute Gasteiger partial charge is 0.328 e. The maximum absolute atomic E-state index is 12.2. The summed E-state index contributed by atoms with van der Waals surface area (Å²) >= 11 is 0. The molecule has 7 nitrogen and oxygen atoms in total. The third-order valence-corrected chi connectivity index (χ3v) is 4.85. The fraction of sp³-hybridized carbons (Fsp3) is 0.190. The van der Waals surface area contributed by atoms with E-state index in [1.165, 1.54) is 6.92 Å². The van der Waals surface area contributed by atoms with Gasteiger partial charge >= 0.3 is 5.69 Å². The summed E-state index contributed by atoms with van der Waals surface area (Å²) < 4.78 is 3.24. The van der Waals surface area contributed by atoms with Gasteiger partial charge in [0.05, 0.1) is 22.4 Å². The average molecular weight is 375 g/mol. The Kier molecular flexibility index (Phi) is 4.15. The van der Waals surface area contributed by atoms with Crippen molar-refractivity contribution in [1.82, 2.24) is 19.1 Å². The summed E-state index contributed by atoms with van der Waals surface area (Å²) in [6.45, 7) is 3.47. The van der Waals surface area contributed by atoms with Crippen LogP contribution in [-0.2, 0) is 18.9 Å². The monoisotopic (exact) mass is 375 g/mol. The fourth-order valence-corrected chi connectivity index (χ4v) is 3.47. The minimum atomic E-state index is -0.197. The number of fused-ring (bicyclic) bond motifs is 1. The molecule has 0 fully saturated rings.